The Bertz CT molecular complexity index is 279. The summed E-state index contributed by atoms with van der Waals surface area (Å²) >= 11 is 3.29. The van der Waals surface area contributed by atoms with Crippen LogP contribution in [0.5, 0.6) is 0 Å². The third kappa shape index (κ3) is 2.11. The fourth-order valence-corrected chi connectivity index (χ4v) is 1.93. The van der Waals surface area contributed by atoms with Crippen molar-refractivity contribution in [2.45, 2.75) is 31.7 Å². The van der Waals surface area contributed by atoms with Gasteiger partial charge in [-0.3, -0.25) is 0 Å². The molecule has 0 radical (unpaired) electrons. The summed E-state index contributed by atoms with van der Waals surface area (Å²) in [4.78, 5) is 4.27. The smallest absolute Gasteiger partial charge is 0.199 e. The molecule has 1 fully saturated rings. The molecule has 4 heteroatoms. The highest BCUT2D eigenvalue weighted by atomic mass is 79.9. The predicted octanol–water partition coefficient (Wildman–Crippen LogP) is 2.29. The lowest BCUT2D eigenvalue weighted by molar-refractivity contribution is 0.335. The van der Waals surface area contributed by atoms with Crippen molar-refractivity contribution in [3.63, 3.8) is 0 Å². The topological polar surface area (TPSA) is 38.1 Å². The standard InChI is InChI=1S/C9H13BrN2O/c1-6-2-3-7(4-11-6)9-12-8(10)5-13-9/h5-7,11H,2-4H2,1H3/t6-,7?/m1/s1. The van der Waals surface area contributed by atoms with Crippen LogP contribution in [0.3, 0.4) is 0 Å². The highest BCUT2D eigenvalue weighted by Crippen LogP contribution is 2.25. The first-order valence-electron chi connectivity index (χ1n) is 4.60. The number of halogens is 1. The van der Waals surface area contributed by atoms with E-state index in [0.29, 0.717) is 12.0 Å². The van der Waals surface area contributed by atoms with Gasteiger partial charge in [0, 0.05) is 18.5 Å². The second-order valence-electron chi connectivity index (χ2n) is 3.59. The molecule has 13 heavy (non-hydrogen) atoms. The summed E-state index contributed by atoms with van der Waals surface area (Å²) in [6.45, 7) is 3.19. The molecule has 2 atom stereocenters. The van der Waals surface area contributed by atoms with Crippen molar-refractivity contribution in [1.82, 2.24) is 10.3 Å². The maximum absolute atomic E-state index is 5.34. The average Bonchev–Trinajstić information content (AvgIpc) is 2.53. The lowest BCUT2D eigenvalue weighted by Gasteiger charge is -2.25. The van der Waals surface area contributed by atoms with E-state index in [-0.39, 0.29) is 0 Å². The van der Waals surface area contributed by atoms with Crippen molar-refractivity contribution in [3.05, 3.63) is 16.8 Å². The van der Waals surface area contributed by atoms with E-state index in [1.807, 2.05) is 0 Å². The number of hydrogen-bond acceptors (Lipinski definition) is 3. The molecule has 72 valence electrons. The van der Waals surface area contributed by atoms with Gasteiger partial charge in [0.05, 0.1) is 0 Å². The lowest BCUT2D eigenvalue weighted by Crippen LogP contribution is -2.35. The van der Waals surface area contributed by atoms with Crippen molar-refractivity contribution in [1.29, 1.82) is 0 Å². The van der Waals surface area contributed by atoms with E-state index >= 15 is 0 Å². The van der Waals surface area contributed by atoms with Gasteiger partial charge < -0.3 is 9.73 Å². The molecule has 1 saturated heterocycles. The van der Waals surface area contributed by atoms with Gasteiger partial charge in [0.1, 0.15) is 10.9 Å². The Kier molecular flexibility index (Phi) is 2.69. The summed E-state index contributed by atoms with van der Waals surface area (Å²) in [7, 11) is 0. The third-order valence-corrected chi connectivity index (χ3v) is 2.87. The maximum atomic E-state index is 5.34. The predicted molar refractivity (Wildman–Crippen MR) is 53.6 cm³/mol. The first-order valence-corrected chi connectivity index (χ1v) is 5.39. The Balaban J connectivity index is 2.02. The van der Waals surface area contributed by atoms with E-state index < -0.39 is 0 Å². The molecule has 0 aromatic carbocycles. The van der Waals surface area contributed by atoms with Crippen LogP contribution in [0.1, 0.15) is 31.6 Å². The Hall–Kier alpha value is -0.350. The molecular formula is C9H13BrN2O. The van der Waals surface area contributed by atoms with Crippen molar-refractivity contribution in [2.75, 3.05) is 6.54 Å². The van der Waals surface area contributed by atoms with Gasteiger partial charge in [-0.1, -0.05) is 0 Å². The molecule has 1 aliphatic rings. The molecule has 1 aromatic heterocycles. The van der Waals surface area contributed by atoms with Crippen LogP contribution in [0.4, 0.5) is 0 Å². The van der Waals surface area contributed by atoms with E-state index in [1.54, 1.807) is 6.26 Å². The van der Waals surface area contributed by atoms with Crippen molar-refractivity contribution in [2.24, 2.45) is 0 Å². The number of piperidine rings is 1. The zero-order chi connectivity index (χ0) is 9.26. The monoisotopic (exact) mass is 244 g/mol. The number of rotatable bonds is 1. The van der Waals surface area contributed by atoms with Gasteiger partial charge in [-0.15, -0.1) is 0 Å². The summed E-state index contributed by atoms with van der Waals surface area (Å²) in [6.07, 6.45) is 4.01. The highest BCUT2D eigenvalue weighted by Gasteiger charge is 2.22. The van der Waals surface area contributed by atoms with Gasteiger partial charge in [-0.05, 0) is 35.7 Å². The number of nitrogens with one attached hydrogen (secondary N) is 1. The molecule has 0 amide bonds. The highest BCUT2D eigenvalue weighted by molar-refractivity contribution is 9.10. The molecule has 2 rings (SSSR count). The normalized spacial score (nSPS) is 29.1. The third-order valence-electron chi connectivity index (χ3n) is 2.50. The summed E-state index contributed by atoms with van der Waals surface area (Å²) < 4.78 is 6.13. The molecular weight excluding hydrogens is 232 g/mol. The minimum absolute atomic E-state index is 0.447. The van der Waals surface area contributed by atoms with E-state index in [9.17, 15) is 0 Å². The molecule has 1 N–H and O–H groups in total. The second kappa shape index (κ2) is 3.80. The van der Waals surface area contributed by atoms with Gasteiger partial charge in [0.2, 0.25) is 0 Å². The molecule has 1 aliphatic heterocycles. The fourth-order valence-electron chi connectivity index (χ4n) is 1.66. The SMILES string of the molecule is C[C@@H]1CCC(c2nc(Br)co2)CN1. The van der Waals surface area contributed by atoms with E-state index in [4.69, 9.17) is 4.42 Å². The molecule has 0 saturated carbocycles. The first-order chi connectivity index (χ1) is 6.25. The minimum Gasteiger partial charge on any atom is -0.447 e. The average molecular weight is 245 g/mol. The number of hydrogen-bond donors (Lipinski definition) is 1. The first kappa shape index (κ1) is 9.21. The number of aromatic nitrogens is 1. The van der Waals surface area contributed by atoms with Crippen molar-refractivity contribution in [3.8, 4) is 0 Å². The quantitative estimate of drug-likeness (QED) is 0.824. The largest absolute Gasteiger partial charge is 0.447 e. The zero-order valence-corrected chi connectivity index (χ0v) is 9.17. The van der Waals surface area contributed by atoms with Gasteiger partial charge in [-0.25, -0.2) is 4.98 Å². The number of oxazole rings is 1. The van der Waals surface area contributed by atoms with Crippen LogP contribution in [-0.2, 0) is 0 Å². The summed E-state index contributed by atoms with van der Waals surface area (Å²) in [5.41, 5.74) is 0. The molecule has 3 nitrogen and oxygen atoms in total. The summed E-state index contributed by atoms with van der Waals surface area (Å²) in [6, 6.07) is 0.634. The Labute approximate surface area is 86.0 Å². The fraction of sp³-hybridized carbons (Fsp3) is 0.667. The van der Waals surface area contributed by atoms with Gasteiger partial charge in [0.25, 0.3) is 0 Å². The van der Waals surface area contributed by atoms with E-state index in [0.717, 1.165) is 17.0 Å². The summed E-state index contributed by atoms with van der Waals surface area (Å²) in [5, 5.41) is 3.42. The summed E-state index contributed by atoms with van der Waals surface area (Å²) in [5.74, 6) is 1.30. The Morgan fingerprint density at radius 3 is 3.00 bits per heavy atom. The van der Waals surface area contributed by atoms with Crippen LogP contribution in [0.2, 0.25) is 0 Å². The second-order valence-corrected chi connectivity index (χ2v) is 4.40. The van der Waals surface area contributed by atoms with Crippen LogP contribution in [0.15, 0.2) is 15.3 Å². The van der Waals surface area contributed by atoms with Gasteiger partial charge in [0.15, 0.2) is 5.89 Å². The van der Waals surface area contributed by atoms with Crippen LogP contribution >= 0.6 is 15.9 Å². The number of nitrogens with zero attached hydrogens (tertiary/aromatic N) is 1. The van der Waals surface area contributed by atoms with Gasteiger partial charge in [-0.2, -0.15) is 0 Å². The minimum atomic E-state index is 0.447. The molecule has 1 unspecified atom stereocenters. The molecule has 1 aromatic rings. The maximum Gasteiger partial charge on any atom is 0.199 e. The van der Waals surface area contributed by atoms with Crippen molar-refractivity contribution >= 4 is 15.9 Å². The van der Waals surface area contributed by atoms with Gasteiger partial charge >= 0.3 is 0 Å². The van der Waals surface area contributed by atoms with Crippen LogP contribution in [0, 0.1) is 0 Å². The molecule has 0 aliphatic carbocycles. The van der Waals surface area contributed by atoms with E-state index in [1.165, 1.54) is 12.8 Å². The zero-order valence-electron chi connectivity index (χ0n) is 7.59. The van der Waals surface area contributed by atoms with Crippen LogP contribution in [-0.4, -0.2) is 17.6 Å². The molecule has 0 bridgehead atoms. The Morgan fingerprint density at radius 2 is 2.46 bits per heavy atom. The lowest BCUT2D eigenvalue weighted by atomic mass is 9.95. The van der Waals surface area contributed by atoms with E-state index in [2.05, 4.69) is 33.2 Å². The van der Waals surface area contributed by atoms with Crippen LogP contribution in [0.25, 0.3) is 0 Å². The Morgan fingerprint density at radius 1 is 1.62 bits per heavy atom. The van der Waals surface area contributed by atoms with Crippen LogP contribution < -0.4 is 5.32 Å². The molecule has 0 spiro atoms. The molecule has 2 heterocycles. The van der Waals surface area contributed by atoms with Crippen molar-refractivity contribution < 1.29 is 4.42 Å².